The standard InChI is InChI=1S/C14H23N7O2/c1-10(2)13(22)15-7-5-8-16-14(23)12-17-19-21(18-12)11-6-4-9-20(11)3/h11H,1,4-9H2,2-3H3,(H,15,22)(H,16,23). The molecule has 1 unspecified atom stereocenters. The number of tetrazole rings is 1. The van der Waals surface area contributed by atoms with Crippen LogP contribution in [0.3, 0.4) is 0 Å². The zero-order valence-corrected chi connectivity index (χ0v) is 13.6. The summed E-state index contributed by atoms with van der Waals surface area (Å²) in [4.78, 5) is 26.9. The largest absolute Gasteiger partial charge is 0.352 e. The zero-order valence-electron chi connectivity index (χ0n) is 13.6. The summed E-state index contributed by atoms with van der Waals surface area (Å²) in [5, 5.41) is 17.3. The van der Waals surface area contributed by atoms with Crippen molar-refractivity contribution in [3.8, 4) is 0 Å². The van der Waals surface area contributed by atoms with Gasteiger partial charge in [-0.3, -0.25) is 14.5 Å². The van der Waals surface area contributed by atoms with Gasteiger partial charge in [0.25, 0.3) is 11.7 Å². The maximum atomic E-state index is 12.0. The molecule has 1 aliphatic rings. The van der Waals surface area contributed by atoms with Crippen molar-refractivity contribution in [1.29, 1.82) is 0 Å². The first-order chi connectivity index (χ1) is 11.0. The number of nitrogens with zero attached hydrogens (tertiary/aromatic N) is 5. The molecule has 2 rings (SSSR count). The van der Waals surface area contributed by atoms with E-state index in [1.807, 2.05) is 7.05 Å². The van der Waals surface area contributed by atoms with Crippen molar-refractivity contribution in [2.75, 3.05) is 26.7 Å². The van der Waals surface area contributed by atoms with E-state index in [1.54, 1.807) is 6.92 Å². The van der Waals surface area contributed by atoms with Gasteiger partial charge in [0.15, 0.2) is 0 Å². The third kappa shape index (κ3) is 4.59. The summed E-state index contributed by atoms with van der Waals surface area (Å²) in [5.41, 5.74) is 0.465. The molecule has 0 saturated carbocycles. The first-order valence-corrected chi connectivity index (χ1v) is 7.70. The number of carbonyl (C=O) groups excluding carboxylic acids is 2. The molecule has 2 amide bonds. The SMILES string of the molecule is C=C(C)C(=O)NCCCNC(=O)c1nnn(C2CCCN2C)n1. The second kappa shape index (κ2) is 7.82. The highest BCUT2D eigenvalue weighted by atomic mass is 16.2. The van der Waals surface area contributed by atoms with E-state index in [0.717, 1.165) is 19.4 Å². The van der Waals surface area contributed by atoms with Crippen LogP contribution in [0.5, 0.6) is 0 Å². The first kappa shape index (κ1) is 17.1. The van der Waals surface area contributed by atoms with Crippen molar-refractivity contribution < 1.29 is 9.59 Å². The summed E-state index contributed by atoms with van der Waals surface area (Å²) in [6.07, 6.45) is 2.72. The smallest absolute Gasteiger partial charge is 0.292 e. The van der Waals surface area contributed by atoms with Gasteiger partial charge >= 0.3 is 0 Å². The minimum Gasteiger partial charge on any atom is -0.352 e. The quantitative estimate of drug-likeness (QED) is 0.528. The molecule has 2 heterocycles. The molecule has 1 aromatic heterocycles. The Labute approximate surface area is 135 Å². The van der Waals surface area contributed by atoms with Crippen LogP contribution in [0.25, 0.3) is 0 Å². The van der Waals surface area contributed by atoms with Gasteiger partial charge in [-0.15, -0.1) is 15.0 Å². The lowest BCUT2D eigenvalue weighted by molar-refractivity contribution is -0.117. The second-order valence-corrected chi connectivity index (χ2v) is 5.68. The third-order valence-electron chi connectivity index (χ3n) is 3.69. The highest BCUT2D eigenvalue weighted by molar-refractivity contribution is 5.92. The van der Waals surface area contributed by atoms with Crippen molar-refractivity contribution in [2.24, 2.45) is 0 Å². The Kier molecular flexibility index (Phi) is 5.80. The van der Waals surface area contributed by atoms with Crippen LogP contribution in [0.2, 0.25) is 0 Å². The second-order valence-electron chi connectivity index (χ2n) is 5.68. The summed E-state index contributed by atoms with van der Waals surface area (Å²) >= 11 is 0. The molecular weight excluding hydrogens is 298 g/mol. The summed E-state index contributed by atoms with van der Waals surface area (Å²) in [6, 6.07) is 0. The molecule has 1 atom stereocenters. The topological polar surface area (TPSA) is 105 Å². The van der Waals surface area contributed by atoms with Gasteiger partial charge in [0.1, 0.15) is 6.17 Å². The van der Waals surface area contributed by atoms with Crippen molar-refractivity contribution in [3.63, 3.8) is 0 Å². The van der Waals surface area contributed by atoms with Crippen molar-refractivity contribution in [1.82, 2.24) is 35.7 Å². The van der Waals surface area contributed by atoms with E-state index in [2.05, 4.69) is 37.5 Å². The molecule has 1 aliphatic heterocycles. The average molecular weight is 321 g/mol. The minimum atomic E-state index is -0.358. The molecule has 0 aliphatic carbocycles. The molecule has 126 valence electrons. The molecule has 0 radical (unpaired) electrons. The van der Waals surface area contributed by atoms with Crippen LogP contribution in [0.1, 0.15) is 43.0 Å². The van der Waals surface area contributed by atoms with Crippen LogP contribution < -0.4 is 10.6 Å². The molecule has 2 N–H and O–H groups in total. The number of hydrogen-bond acceptors (Lipinski definition) is 6. The normalized spacial score (nSPS) is 17.9. The zero-order chi connectivity index (χ0) is 16.8. The summed E-state index contributed by atoms with van der Waals surface area (Å²) in [7, 11) is 2.00. The summed E-state index contributed by atoms with van der Waals surface area (Å²) in [5.74, 6) is -0.471. The Balaban J connectivity index is 1.73. The Morgan fingerprint density at radius 1 is 1.35 bits per heavy atom. The average Bonchev–Trinajstić information content (AvgIpc) is 3.14. The van der Waals surface area contributed by atoms with E-state index in [9.17, 15) is 9.59 Å². The van der Waals surface area contributed by atoms with E-state index in [0.29, 0.717) is 25.1 Å². The van der Waals surface area contributed by atoms with Crippen molar-refractivity contribution >= 4 is 11.8 Å². The highest BCUT2D eigenvalue weighted by Crippen LogP contribution is 2.22. The number of carbonyl (C=O) groups is 2. The Morgan fingerprint density at radius 2 is 2.09 bits per heavy atom. The third-order valence-corrected chi connectivity index (χ3v) is 3.69. The molecule has 23 heavy (non-hydrogen) atoms. The van der Waals surface area contributed by atoms with Gasteiger partial charge < -0.3 is 10.6 Å². The fourth-order valence-corrected chi connectivity index (χ4v) is 2.35. The van der Waals surface area contributed by atoms with Gasteiger partial charge in [-0.25, -0.2) is 0 Å². The van der Waals surface area contributed by atoms with Crippen LogP contribution in [0.15, 0.2) is 12.2 Å². The lowest BCUT2D eigenvalue weighted by Crippen LogP contribution is -2.30. The van der Waals surface area contributed by atoms with E-state index < -0.39 is 0 Å². The van der Waals surface area contributed by atoms with Gasteiger partial charge in [0.2, 0.25) is 5.91 Å². The van der Waals surface area contributed by atoms with E-state index in [4.69, 9.17) is 0 Å². The highest BCUT2D eigenvalue weighted by Gasteiger charge is 2.25. The molecule has 9 heteroatoms. The Bertz CT molecular complexity index is 583. The summed E-state index contributed by atoms with van der Waals surface area (Å²) < 4.78 is 0. The number of hydrogen-bond donors (Lipinski definition) is 2. The van der Waals surface area contributed by atoms with Gasteiger partial charge in [-0.2, -0.15) is 0 Å². The molecule has 0 aromatic carbocycles. The van der Waals surface area contributed by atoms with Crippen LogP contribution in [0.4, 0.5) is 0 Å². The van der Waals surface area contributed by atoms with Gasteiger partial charge in [-0.1, -0.05) is 6.58 Å². The minimum absolute atomic E-state index is 0.0660. The predicted molar refractivity (Wildman–Crippen MR) is 83.5 cm³/mol. The van der Waals surface area contributed by atoms with Crippen LogP contribution in [-0.2, 0) is 4.79 Å². The lowest BCUT2D eigenvalue weighted by Gasteiger charge is -2.16. The fourth-order valence-electron chi connectivity index (χ4n) is 2.35. The van der Waals surface area contributed by atoms with E-state index >= 15 is 0 Å². The van der Waals surface area contributed by atoms with Gasteiger partial charge in [-0.05, 0) is 38.4 Å². The predicted octanol–water partition coefficient (Wildman–Crippen LogP) is -0.290. The van der Waals surface area contributed by atoms with Gasteiger partial charge in [0, 0.05) is 25.2 Å². The summed E-state index contributed by atoms with van der Waals surface area (Å²) in [6.45, 7) is 7.08. The number of nitrogens with one attached hydrogen (secondary N) is 2. The van der Waals surface area contributed by atoms with Crippen LogP contribution in [0, 0.1) is 0 Å². The first-order valence-electron chi connectivity index (χ1n) is 7.70. The monoisotopic (exact) mass is 321 g/mol. The lowest BCUT2D eigenvalue weighted by atomic mass is 10.3. The molecule has 1 aromatic rings. The van der Waals surface area contributed by atoms with Gasteiger partial charge in [0.05, 0.1) is 0 Å². The Hall–Kier alpha value is -2.29. The molecular formula is C14H23N7O2. The van der Waals surface area contributed by atoms with E-state index in [1.165, 1.54) is 4.80 Å². The van der Waals surface area contributed by atoms with E-state index in [-0.39, 0.29) is 23.8 Å². The van der Waals surface area contributed by atoms with Crippen LogP contribution in [-0.4, -0.2) is 63.6 Å². The molecule has 1 fully saturated rings. The number of aromatic nitrogens is 4. The molecule has 0 bridgehead atoms. The van der Waals surface area contributed by atoms with Crippen LogP contribution >= 0.6 is 0 Å². The maximum Gasteiger partial charge on any atom is 0.292 e. The molecule has 1 saturated heterocycles. The molecule has 0 spiro atoms. The fraction of sp³-hybridized carbons (Fsp3) is 0.643. The number of likely N-dealkylation sites (tertiary alicyclic amines) is 1. The van der Waals surface area contributed by atoms with Crippen molar-refractivity contribution in [2.45, 2.75) is 32.4 Å². The van der Waals surface area contributed by atoms with Crippen molar-refractivity contribution in [3.05, 3.63) is 18.0 Å². The number of amides is 2. The maximum absolute atomic E-state index is 12.0. The molecule has 9 nitrogen and oxygen atoms in total. The number of rotatable bonds is 7. The Morgan fingerprint density at radius 3 is 2.74 bits per heavy atom.